The third-order valence-corrected chi connectivity index (χ3v) is 3.65. The molecule has 24 heavy (non-hydrogen) atoms. The molecule has 0 bridgehead atoms. The molecule has 0 saturated carbocycles. The summed E-state index contributed by atoms with van der Waals surface area (Å²) in [6, 6.07) is 4.58. The maximum absolute atomic E-state index is 12.7. The number of carbonyl (C=O) groups is 2. The van der Waals surface area contributed by atoms with Crippen molar-refractivity contribution in [3.8, 4) is 0 Å². The lowest BCUT2D eigenvalue weighted by Gasteiger charge is -2.09. The van der Waals surface area contributed by atoms with Crippen LogP contribution in [0.5, 0.6) is 0 Å². The summed E-state index contributed by atoms with van der Waals surface area (Å²) in [5.74, 6) is -1.64. The predicted molar refractivity (Wildman–Crippen MR) is 80.3 cm³/mol. The number of nitrogens with zero attached hydrogens (tertiary/aromatic N) is 2. The van der Waals surface area contributed by atoms with E-state index in [0.29, 0.717) is 11.4 Å². The smallest absolute Gasteiger partial charge is 0.345 e. The van der Waals surface area contributed by atoms with Crippen LogP contribution in [0.1, 0.15) is 32.9 Å². The lowest BCUT2D eigenvalue weighted by Crippen LogP contribution is -2.31. The van der Waals surface area contributed by atoms with Gasteiger partial charge in [-0.25, -0.2) is 0 Å². The maximum atomic E-state index is 12.7. The van der Waals surface area contributed by atoms with Gasteiger partial charge in [-0.2, -0.15) is 18.3 Å². The Morgan fingerprint density at radius 2 is 1.92 bits per heavy atom. The van der Waals surface area contributed by atoms with Crippen LogP contribution < -0.4 is 5.32 Å². The standard InChI is InChI=1S/C16H16F3N3O2/c1-9-13(10(2)22(3)21-9)14(23)15(24)20-8-11-5-4-6-12(7-11)16(17,18)19/h4-7H,8H2,1-3H3,(H,20,24). The number of amides is 1. The van der Waals surface area contributed by atoms with Crippen molar-refractivity contribution in [3.63, 3.8) is 0 Å². The van der Waals surface area contributed by atoms with Crippen molar-refractivity contribution in [3.05, 3.63) is 52.3 Å². The first-order chi connectivity index (χ1) is 11.1. The minimum atomic E-state index is -4.46. The highest BCUT2D eigenvalue weighted by Gasteiger charge is 2.30. The minimum Gasteiger partial charge on any atom is -0.345 e. The number of hydrogen-bond donors (Lipinski definition) is 1. The van der Waals surface area contributed by atoms with Crippen molar-refractivity contribution >= 4 is 11.7 Å². The number of aromatic nitrogens is 2. The van der Waals surface area contributed by atoms with Crippen LogP contribution in [-0.2, 0) is 24.6 Å². The normalized spacial score (nSPS) is 11.4. The second-order valence-corrected chi connectivity index (χ2v) is 5.38. The number of benzene rings is 1. The van der Waals surface area contributed by atoms with Gasteiger partial charge in [0, 0.05) is 19.3 Å². The van der Waals surface area contributed by atoms with Gasteiger partial charge in [-0.1, -0.05) is 12.1 Å². The SMILES string of the molecule is Cc1nn(C)c(C)c1C(=O)C(=O)NCc1cccc(C(F)(F)F)c1. The molecule has 1 N–H and O–H groups in total. The van der Waals surface area contributed by atoms with Gasteiger partial charge in [-0.05, 0) is 31.5 Å². The molecule has 1 heterocycles. The number of rotatable bonds is 4. The average Bonchev–Trinajstić information content (AvgIpc) is 2.76. The highest BCUT2D eigenvalue weighted by Crippen LogP contribution is 2.29. The number of alkyl halides is 3. The van der Waals surface area contributed by atoms with E-state index in [2.05, 4.69) is 10.4 Å². The fourth-order valence-electron chi connectivity index (χ4n) is 2.34. The molecule has 0 atom stereocenters. The molecule has 0 unspecified atom stereocenters. The monoisotopic (exact) mass is 339 g/mol. The van der Waals surface area contributed by atoms with Crippen LogP contribution in [0, 0.1) is 13.8 Å². The van der Waals surface area contributed by atoms with E-state index in [-0.39, 0.29) is 17.7 Å². The van der Waals surface area contributed by atoms with Crippen LogP contribution in [0.4, 0.5) is 13.2 Å². The number of carbonyl (C=O) groups excluding carboxylic acids is 2. The Morgan fingerprint density at radius 3 is 2.46 bits per heavy atom. The molecule has 0 aliphatic heterocycles. The maximum Gasteiger partial charge on any atom is 0.416 e. The molecule has 0 saturated heterocycles. The lowest BCUT2D eigenvalue weighted by molar-refractivity contribution is -0.137. The number of nitrogens with one attached hydrogen (secondary N) is 1. The first kappa shape index (κ1) is 17.7. The Morgan fingerprint density at radius 1 is 1.25 bits per heavy atom. The number of ketones is 1. The summed E-state index contributed by atoms with van der Waals surface area (Å²) in [5.41, 5.74) is 0.630. The van der Waals surface area contributed by atoms with Gasteiger partial charge in [0.15, 0.2) is 0 Å². The van der Waals surface area contributed by atoms with Crippen molar-refractivity contribution < 1.29 is 22.8 Å². The Labute approximate surface area is 136 Å². The number of Topliss-reactive ketones (excluding diaryl/α,β-unsaturated/α-hetero) is 1. The van der Waals surface area contributed by atoms with E-state index in [1.165, 1.54) is 16.8 Å². The molecule has 0 aliphatic rings. The van der Waals surface area contributed by atoms with Crippen LogP contribution in [0.15, 0.2) is 24.3 Å². The molecule has 0 fully saturated rings. The Bertz CT molecular complexity index is 794. The molecule has 8 heteroatoms. The quantitative estimate of drug-likeness (QED) is 0.688. The summed E-state index contributed by atoms with van der Waals surface area (Å²) >= 11 is 0. The van der Waals surface area contributed by atoms with Gasteiger partial charge in [0.2, 0.25) is 0 Å². The molecular formula is C16H16F3N3O2. The van der Waals surface area contributed by atoms with Crippen molar-refractivity contribution in [1.82, 2.24) is 15.1 Å². The van der Waals surface area contributed by atoms with Crippen molar-refractivity contribution in [2.45, 2.75) is 26.6 Å². The number of aryl methyl sites for hydroxylation is 2. The molecule has 128 valence electrons. The molecule has 2 aromatic rings. The molecule has 5 nitrogen and oxygen atoms in total. The second-order valence-electron chi connectivity index (χ2n) is 5.38. The molecule has 0 radical (unpaired) electrons. The summed E-state index contributed by atoms with van der Waals surface area (Å²) in [6.45, 7) is 3.10. The van der Waals surface area contributed by atoms with Gasteiger partial charge in [-0.3, -0.25) is 14.3 Å². The number of hydrogen-bond acceptors (Lipinski definition) is 3. The van der Waals surface area contributed by atoms with E-state index in [4.69, 9.17) is 0 Å². The average molecular weight is 339 g/mol. The molecule has 1 aromatic heterocycles. The first-order valence-corrected chi connectivity index (χ1v) is 7.10. The molecule has 2 rings (SSSR count). The van der Waals surface area contributed by atoms with E-state index in [0.717, 1.165) is 12.1 Å². The highest BCUT2D eigenvalue weighted by molar-refractivity contribution is 6.43. The van der Waals surface area contributed by atoms with Gasteiger partial charge in [0.05, 0.1) is 16.8 Å². The predicted octanol–water partition coefficient (Wildman–Crippen LogP) is 2.55. The largest absolute Gasteiger partial charge is 0.416 e. The van der Waals surface area contributed by atoms with Crippen molar-refractivity contribution in [1.29, 1.82) is 0 Å². The lowest BCUT2D eigenvalue weighted by atomic mass is 10.1. The zero-order chi connectivity index (χ0) is 18.1. The fraction of sp³-hybridized carbons (Fsp3) is 0.312. The Hall–Kier alpha value is -2.64. The fourth-order valence-corrected chi connectivity index (χ4v) is 2.34. The third-order valence-electron chi connectivity index (χ3n) is 3.65. The van der Waals surface area contributed by atoms with E-state index in [1.54, 1.807) is 20.9 Å². The van der Waals surface area contributed by atoms with Gasteiger partial charge < -0.3 is 5.32 Å². The summed E-state index contributed by atoms with van der Waals surface area (Å²) in [6.07, 6.45) is -4.46. The van der Waals surface area contributed by atoms with Crippen LogP contribution in [-0.4, -0.2) is 21.5 Å². The van der Waals surface area contributed by atoms with Gasteiger partial charge >= 0.3 is 6.18 Å². The Kier molecular flexibility index (Phi) is 4.77. The summed E-state index contributed by atoms with van der Waals surface area (Å²) in [7, 11) is 1.65. The van der Waals surface area contributed by atoms with Crippen LogP contribution >= 0.6 is 0 Å². The van der Waals surface area contributed by atoms with Gasteiger partial charge in [0.1, 0.15) is 0 Å². The zero-order valence-corrected chi connectivity index (χ0v) is 13.4. The van der Waals surface area contributed by atoms with Crippen molar-refractivity contribution in [2.24, 2.45) is 7.05 Å². The zero-order valence-electron chi connectivity index (χ0n) is 13.4. The highest BCUT2D eigenvalue weighted by atomic mass is 19.4. The molecule has 1 aromatic carbocycles. The van der Waals surface area contributed by atoms with E-state index in [1.807, 2.05) is 0 Å². The summed E-state index contributed by atoms with van der Waals surface area (Å²) in [4.78, 5) is 24.2. The van der Waals surface area contributed by atoms with Crippen LogP contribution in [0.2, 0.25) is 0 Å². The molecular weight excluding hydrogens is 323 g/mol. The van der Waals surface area contributed by atoms with E-state index >= 15 is 0 Å². The summed E-state index contributed by atoms with van der Waals surface area (Å²) < 4.78 is 39.5. The molecule has 0 aliphatic carbocycles. The third kappa shape index (κ3) is 3.64. The van der Waals surface area contributed by atoms with E-state index in [9.17, 15) is 22.8 Å². The van der Waals surface area contributed by atoms with Crippen molar-refractivity contribution in [2.75, 3.05) is 0 Å². The topological polar surface area (TPSA) is 64.0 Å². The molecule has 0 spiro atoms. The first-order valence-electron chi connectivity index (χ1n) is 7.10. The van der Waals surface area contributed by atoms with E-state index < -0.39 is 23.4 Å². The van der Waals surface area contributed by atoms with Gasteiger partial charge in [0.25, 0.3) is 11.7 Å². The summed E-state index contributed by atoms with van der Waals surface area (Å²) in [5, 5.41) is 6.41. The minimum absolute atomic E-state index is 0.174. The van der Waals surface area contributed by atoms with Crippen LogP contribution in [0.25, 0.3) is 0 Å². The number of halogens is 3. The molecule has 1 amide bonds. The van der Waals surface area contributed by atoms with Gasteiger partial charge in [-0.15, -0.1) is 0 Å². The Balaban J connectivity index is 2.10. The van der Waals surface area contributed by atoms with Crippen LogP contribution in [0.3, 0.4) is 0 Å². The second kappa shape index (κ2) is 6.46.